The van der Waals surface area contributed by atoms with E-state index in [4.69, 9.17) is 4.74 Å². The van der Waals surface area contributed by atoms with Gasteiger partial charge in [0.15, 0.2) is 0 Å². The van der Waals surface area contributed by atoms with Crippen LogP contribution in [-0.4, -0.2) is 9.97 Å². The first kappa shape index (κ1) is 11.9. The van der Waals surface area contributed by atoms with Crippen molar-refractivity contribution in [1.29, 1.82) is 0 Å². The van der Waals surface area contributed by atoms with Crippen LogP contribution in [-0.2, 0) is 0 Å². The van der Waals surface area contributed by atoms with Crippen molar-refractivity contribution in [3.63, 3.8) is 0 Å². The van der Waals surface area contributed by atoms with Crippen molar-refractivity contribution < 1.29 is 4.74 Å². The van der Waals surface area contributed by atoms with E-state index in [2.05, 4.69) is 9.97 Å². The van der Waals surface area contributed by atoms with Gasteiger partial charge in [0, 0.05) is 22.9 Å². The summed E-state index contributed by atoms with van der Waals surface area (Å²) in [5.41, 5.74) is 1.83. The fourth-order valence-corrected chi connectivity index (χ4v) is 2.32. The number of aromatic nitrogens is 2. The smallest absolute Gasteiger partial charge is 0.221 e. The average Bonchev–Trinajstić information content (AvgIpc) is 2.55. The summed E-state index contributed by atoms with van der Waals surface area (Å²) in [6.07, 6.45) is 0. The van der Waals surface area contributed by atoms with Gasteiger partial charge in [0.05, 0.1) is 11.0 Å². The zero-order valence-corrected chi connectivity index (χ0v) is 11.2. The second-order valence-corrected chi connectivity index (χ2v) is 4.79. The van der Waals surface area contributed by atoms with Gasteiger partial charge in [0.2, 0.25) is 11.8 Å². The van der Waals surface area contributed by atoms with Crippen molar-refractivity contribution in [1.82, 2.24) is 9.97 Å². The zero-order chi connectivity index (χ0) is 14.1. The molecular weight excluding hydrogens is 260 g/mol. The maximum absolute atomic E-state index is 5.77. The maximum atomic E-state index is 5.77. The molecule has 4 rings (SSSR count). The van der Waals surface area contributed by atoms with Gasteiger partial charge >= 0.3 is 0 Å². The van der Waals surface area contributed by atoms with Crippen LogP contribution in [0.2, 0.25) is 0 Å². The van der Waals surface area contributed by atoms with E-state index < -0.39 is 0 Å². The predicted octanol–water partition coefficient (Wildman–Crippen LogP) is 4.58. The van der Waals surface area contributed by atoms with E-state index in [1.54, 1.807) is 0 Å². The number of ether oxygens (including phenoxy) is 1. The molecule has 100 valence electrons. The highest BCUT2D eigenvalue weighted by molar-refractivity contribution is 5.79. The van der Waals surface area contributed by atoms with Crippen LogP contribution in [0.5, 0.6) is 11.8 Å². The number of nitrogens with zero attached hydrogens (tertiary/aromatic N) is 2. The van der Waals surface area contributed by atoms with Gasteiger partial charge in [-0.3, -0.25) is 0 Å². The molecule has 0 N–H and O–H groups in total. The molecule has 0 aliphatic heterocycles. The molecule has 0 atom stereocenters. The Labute approximate surface area is 121 Å². The predicted molar refractivity (Wildman–Crippen MR) is 83.6 cm³/mol. The molecule has 4 aromatic rings. The molecule has 0 bridgehead atoms. The number of rotatable bonds is 2. The van der Waals surface area contributed by atoms with Gasteiger partial charge in [0.1, 0.15) is 0 Å². The van der Waals surface area contributed by atoms with E-state index >= 15 is 0 Å². The molecule has 3 nitrogen and oxygen atoms in total. The second kappa shape index (κ2) is 4.87. The van der Waals surface area contributed by atoms with Gasteiger partial charge in [-0.15, -0.1) is 0 Å². The van der Waals surface area contributed by atoms with E-state index in [1.807, 2.05) is 72.8 Å². The molecule has 0 saturated carbocycles. The number of fused-ring (bicyclic) bond motifs is 2. The highest BCUT2D eigenvalue weighted by Crippen LogP contribution is 2.23. The van der Waals surface area contributed by atoms with Crippen LogP contribution in [0, 0.1) is 0 Å². The normalized spacial score (nSPS) is 10.9. The van der Waals surface area contributed by atoms with Crippen LogP contribution in [0.3, 0.4) is 0 Å². The number of hydrogen-bond donors (Lipinski definition) is 0. The van der Waals surface area contributed by atoms with Crippen LogP contribution < -0.4 is 4.74 Å². The van der Waals surface area contributed by atoms with Crippen molar-refractivity contribution in [3.05, 3.63) is 72.8 Å². The van der Waals surface area contributed by atoms with Crippen molar-refractivity contribution in [2.45, 2.75) is 0 Å². The molecule has 0 fully saturated rings. The number of benzene rings is 2. The standard InChI is InChI=1S/C18H12N2O/c1-3-7-15-13(5-1)9-11-17(19-15)21-18-12-10-14-6-2-4-8-16(14)20-18/h1-12H. The van der Waals surface area contributed by atoms with Crippen molar-refractivity contribution in [2.75, 3.05) is 0 Å². The topological polar surface area (TPSA) is 35.0 Å². The van der Waals surface area contributed by atoms with Crippen molar-refractivity contribution in [3.8, 4) is 11.8 Å². The van der Waals surface area contributed by atoms with Crippen molar-refractivity contribution in [2.24, 2.45) is 0 Å². The minimum Gasteiger partial charge on any atom is -0.421 e. The van der Waals surface area contributed by atoms with Gasteiger partial charge in [-0.05, 0) is 24.3 Å². The largest absolute Gasteiger partial charge is 0.421 e. The lowest BCUT2D eigenvalue weighted by atomic mass is 10.2. The first-order chi connectivity index (χ1) is 10.4. The molecule has 2 aromatic heterocycles. The summed E-state index contributed by atoms with van der Waals surface area (Å²) < 4.78 is 5.77. The Morgan fingerprint density at radius 1 is 0.524 bits per heavy atom. The summed E-state index contributed by atoms with van der Waals surface area (Å²) >= 11 is 0. The van der Waals surface area contributed by atoms with Gasteiger partial charge < -0.3 is 4.74 Å². The lowest BCUT2D eigenvalue weighted by molar-refractivity contribution is 0.448. The van der Waals surface area contributed by atoms with E-state index in [0.29, 0.717) is 11.8 Å². The highest BCUT2D eigenvalue weighted by atomic mass is 16.5. The van der Waals surface area contributed by atoms with Crippen LogP contribution in [0.4, 0.5) is 0 Å². The minimum absolute atomic E-state index is 0.552. The highest BCUT2D eigenvalue weighted by Gasteiger charge is 2.03. The van der Waals surface area contributed by atoms with E-state index in [-0.39, 0.29) is 0 Å². The monoisotopic (exact) mass is 272 g/mol. The molecule has 0 spiro atoms. The fraction of sp³-hybridized carbons (Fsp3) is 0. The molecule has 3 heteroatoms. The van der Waals surface area contributed by atoms with E-state index in [0.717, 1.165) is 21.8 Å². The molecule has 0 amide bonds. The molecule has 2 heterocycles. The van der Waals surface area contributed by atoms with Crippen LogP contribution in [0.1, 0.15) is 0 Å². The Balaban J connectivity index is 1.71. The summed E-state index contributed by atoms with van der Waals surface area (Å²) in [6, 6.07) is 23.6. The summed E-state index contributed by atoms with van der Waals surface area (Å²) in [5, 5.41) is 2.19. The third kappa shape index (κ3) is 2.30. The molecule has 0 aliphatic rings. The third-order valence-corrected chi connectivity index (χ3v) is 3.35. The SMILES string of the molecule is c1ccc2nc(Oc3ccc4ccccc4n3)ccc2c1. The van der Waals surface area contributed by atoms with E-state index in [9.17, 15) is 0 Å². The van der Waals surface area contributed by atoms with Gasteiger partial charge in [-0.2, -0.15) is 0 Å². The minimum atomic E-state index is 0.552. The van der Waals surface area contributed by atoms with E-state index in [1.165, 1.54) is 0 Å². The number of para-hydroxylation sites is 2. The quantitative estimate of drug-likeness (QED) is 0.536. The first-order valence-corrected chi connectivity index (χ1v) is 6.78. The Bertz CT molecular complexity index is 857. The third-order valence-electron chi connectivity index (χ3n) is 3.35. The Morgan fingerprint density at radius 2 is 1.00 bits per heavy atom. The van der Waals surface area contributed by atoms with Crippen molar-refractivity contribution >= 4 is 21.8 Å². The fourth-order valence-electron chi connectivity index (χ4n) is 2.32. The summed E-state index contributed by atoms with van der Waals surface area (Å²) in [4.78, 5) is 8.98. The van der Waals surface area contributed by atoms with Gasteiger partial charge in [0.25, 0.3) is 0 Å². The number of hydrogen-bond acceptors (Lipinski definition) is 3. The summed E-state index contributed by atoms with van der Waals surface area (Å²) in [5.74, 6) is 1.10. The van der Waals surface area contributed by atoms with Crippen LogP contribution >= 0.6 is 0 Å². The first-order valence-electron chi connectivity index (χ1n) is 6.78. The average molecular weight is 272 g/mol. The molecule has 0 unspecified atom stereocenters. The van der Waals surface area contributed by atoms with Gasteiger partial charge in [-0.1, -0.05) is 36.4 Å². The second-order valence-electron chi connectivity index (χ2n) is 4.79. The molecule has 0 saturated heterocycles. The molecule has 0 radical (unpaired) electrons. The Kier molecular flexibility index (Phi) is 2.75. The molecule has 21 heavy (non-hydrogen) atoms. The Hall–Kier alpha value is -2.94. The number of pyridine rings is 2. The lowest BCUT2D eigenvalue weighted by Gasteiger charge is -2.06. The Morgan fingerprint density at radius 3 is 1.52 bits per heavy atom. The molecule has 0 aliphatic carbocycles. The maximum Gasteiger partial charge on any atom is 0.221 e. The zero-order valence-electron chi connectivity index (χ0n) is 11.2. The lowest BCUT2D eigenvalue weighted by Crippen LogP contribution is -1.91. The van der Waals surface area contributed by atoms with Crippen LogP contribution in [0.25, 0.3) is 21.8 Å². The summed E-state index contributed by atoms with van der Waals surface area (Å²) in [7, 11) is 0. The molecule has 2 aromatic carbocycles. The van der Waals surface area contributed by atoms with Gasteiger partial charge in [-0.25, -0.2) is 9.97 Å². The summed E-state index contributed by atoms with van der Waals surface area (Å²) in [6.45, 7) is 0. The molecular formula is C18H12N2O. The van der Waals surface area contributed by atoms with Crippen LogP contribution in [0.15, 0.2) is 72.8 Å².